The molecule has 2 atom stereocenters. The molecule has 0 amide bonds. The molecule has 6 nitrogen and oxygen atoms in total. The van der Waals surface area contributed by atoms with Crippen LogP contribution in [0.1, 0.15) is 29.9 Å². The van der Waals surface area contributed by atoms with E-state index in [0.717, 1.165) is 18.9 Å². The molecule has 1 aliphatic rings. The first-order valence-corrected chi connectivity index (χ1v) is 7.78. The van der Waals surface area contributed by atoms with Gasteiger partial charge in [-0.3, -0.25) is 4.79 Å². The lowest BCUT2D eigenvalue weighted by Gasteiger charge is -2.37. The van der Waals surface area contributed by atoms with Crippen LogP contribution < -0.4 is 16.0 Å². The summed E-state index contributed by atoms with van der Waals surface area (Å²) < 4.78 is 0. The molecule has 3 heterocycles. The zero-order valence-corrected chi connectivity index (χ0v) is 13.4. The van der Waals surface area contributed by atoms with E-state index in [1.807, 2.05) is 12.1 Å². The van der Waals surface area contributed by atoms with Crippen molar-refractivity contribution in [2.45, 2.75) is 25.9 Å². The van der Waals surface area contributed by atoms with E-state index in [0.29, 0.717) is 23.3 Å². The van der Waals surface area contributed by atoms with Crippen LogP contribution in [-0.4, -0.2) is 40.9 Å². The molecule has 0 radical (unpaired) electrons. The van der Waals surface area contributed by atoms with Gasteiger partial charge in [0.05, 0.1) is 5.56 Å². The number of nitrogens with one attached hydrogen (secondary N) is 1. The summed E-state index contributed by atoms with van der Waals surface area (Å²) in [6, 6.07) is 9.66. The third-order valence-electron chi connectivity index (χ3n) is 3.93. The minimum atomic E-state index is -0.200. The average molecular weight is 311 g/mol. The first-order valence-electron chi connectivity index (χ1n) is 7.78. The van der Waals surface area contributed by atoms with Gasteiger partial charge in [-0.25, -0.2) is 9.97 Å². The molecule has 2 aromatic rings. The highest BCUT2D eigenvalue weighted by Crippen LogP contribution is 2.18. The van der Waals surface area contributed by atoms with Gasteiger partial charge in [-0.2, -0.15) is 0 Å². The molecule has 1 saturated heterocycles. The Balaban J connectivity index is 1.88. The second-order valence-corrected chi connectivity index (χ2v) is 6.02. The predicted molar refractivity (Wildman–Crippen MR) is 90.6 cm³/mol. The number of nitrogens with two attached hydrogens (primary N) is 1. The fraction of sp³-hybridized carbons (Fsp3) is 0.353. The first-order chi connectivity index (χ1) is 11.0. The summed E-state index contributed by atoms with van der Waals surface area (Å²) in [5, 5.41) is 3.49. The molecule has 2 aromatic heterocycles. The van der Waals surface area contributed by atoms with E-state index in [4.69, 9.17) is 5.73 Å². The Labute approximate surface area is 135 Å². The molecule has 1 aliphatic heterocycles. The van der Waals surface area contributed by atoms with E-state index < -0.39 is 0 Å². The highest BCUT2D eigenvalue weighted by molar-refractivity contribution is 6.10. The van der Waals surface area contributed by atoms with Gasteiger partial charge in [0.15, 0.2) is 0 Å². The summed E-state index contributed by atoms with van der Waals surface area (Å²) in [4.78, 5) is 23.3. The normalized spacial score (nSPS) is 21.2. The van der Waals surface area contributed by atoms with Crippen LogP contribution >= 0.6 is 0 Å². The van der Waals surface area contributed by atoms with E-state index in [2.05, 4.69) is 34.0 Å². The zero-order valence-electron chi connectivity index (χ0n) is 13.4. The van der Waals surface area contributed by atoms with E-state index in [1.54, 1.807) is 24.4 Å². The molecule has 1 fully saturated rings. The molecule has 0 bridgehead atoms. The maximum Gasteiger partial charge on any atom is 0.215 e. The molecule has 0 aliphatic carbocycles. The lowest BCUT2D eigenvalue weighted by molar-refractivity contribution is 0.103. The Morgan fingerprint density at radius 1 is 1.22 bits per heavy atom. The number of hydrogen-bond donors (Lipinski definition) is 2. The third kappa shape index (κ3) is 3.32. The monoisotopic (exact) mass is 311 g/mol. The lowest BCUT2D eigenvalue weighted by atomic mass is 10.1. The van der Waals surface area contributed by atoms with Crippen LogP contribution in [0, 0.1) is 0 Å². The molecule has 0 aromatic carbocycles. The van der Waals surface area contributed by atoms with Crippen LogP contribution in [-0.2, 0) is 0 Å². The van der Waals surface area contributed by atoms with Crippen LogP contribution in [0.3, 0.4) is 0 Å². The van der Waals surface area contributed by atoms with E-state index in [-0.39, 0.29) is 11.6 Å². The number of nitrogens with zero attached hydrogens (tertiary/aromatic N) is 3. The zero-order chi connectivity index (χ0) is 16.4. The van der Waals surface area contributed by atoms with Gasteiger partial charge in [-0.15, -0.1) is 0 Å². The summed E-state index contributed by atoms with van der Waals surface area (Å²) in [5.74, 6) is 0.848. The number of pyridine rings is 2. The molecule has 3 rings (SSSR count). The topological polar surface area (TPSA) is 84.1 Å². The first kappa shape index (κ1) is 15.4. The summed E-state index contributed by atoms with van der Waals surface area (Å²) in [6.07, 6.45) is 1.57. The van der Waals surface area contributed by atoms with Gasteiger partial charge in [0.25, 0.3) is 0 Å². The molecule has 6 heteroatoms. The largest absolute Gasteiger partial charge is 0.383 e. The molecular formula is C17H21N5O. The van der Waals surface area contributed by atoms with Crippen molar-refractivity contribution in [3.63, 3.8) is 0 Å². The second kappa shape index (κ2) is 6.34. The van der Waals surface area contributed by atoms with Gasteiger partial charge >= 0.3 is 0 Å². The van der Waals surface area contributed by atoms with Crippen LogP contribution in [0.15, 0.2) is 36.5 Å². The summed E-state index contributed by atoms with van der Waals surface area (Å²) in [6.45, 7) is 6.02. The van der Waals surface area contributed by atoms with Crippen molar-refractivity contribution in [2.24, 2.45) is 0 Å². The van der Waals surface area contributed by atoms with E-state index in [1.165, 1.54) is 0 Å². The van der Waals surface area contributed by atoms with Crippen LogP contribution in [0.2, 0.25) is 0 Å². The fourth-order valence-electron chi connectivity index (χ4n) is 2.99. The van der Waals surface area contributed by atoms with Crippen molar-refractivity contribution in [1.82, 2.24) is 15.3 Å². The molecular weight excluding hydrogens is 290 g/mol. The number of ketones is 1. The molecule has 0 spiro atoms. The van der Waals surface area contributed by atoms with Gasteiger partial charge in [0.1, 0.15) is 17.3 Å². The number of nitrogen functional groups attached to an aromatic ring is 1. The Morgan fingerprint density at radius 2 is 1.96 bits per heavy atom. The van der Waals surface area contributed by atoms with Crippen molar-refractivity contribution in [1.29, 1.82) is 0 Å². The van der Waals surface area contributed by atoms with Gasteiger partial charge in [0, 0.05) is 31.4 Å². The Morgan fingerprint density at radius 3 is 2.65 bits per heavy atom. The predicted octanol–water partition coefficient (Wildman–Crippen LogP) is 1.48. The minimum absolute atomic E-state index is 0.200. The maximum absolute atomic E-state index is 12.6. The van der Waals surface area contributed by atoms with Crippen LogP contribution in [0.25, 0.3) is 0 Å². The fourth-order valence-corrected chi connectivity index (χ4v) is 2.99. The minimum Gasteiger partial charge on any atom is -0.383 e. The number of rotatable bonds is 3. The standard InChI is InChI=1S/C17H21N5O/c1-11-9-22(10-12(2)20-11)15-7-3-6-14(21-15)16(23)13-5-4-8-19-17(13)18/h3-8,11-12,20H,9-10H2,1-2H3,(H2,18,19)/t11-,12+. The highest BCUT2D eigenvalue weighted by atomic mass is 16.1. The van der Waals surface area contributed by atoms with Crippen LogP contribution in [0.4, 0.5) is 11.6 Å². The van der Waals surface area contributed by atoms with E-state index in [9.17, 15) is 4.79 Å². The van der Waals surface area contributed by atoms with Crippen LogP contribution in [0.5, 0.6) is 0 Å². The Kier molecular flexibility index (Phi) is 4.25. The van der Waals surface area contributed by atoms with Gasteiger partial charge < -0.3 is 16.0 Å². The number of piperazine rings is 1. The number of anilines is 2. The third-order valence-corrected chi connectivity index (χ3v) is 3.93. The number of carbonyl (C=O) groups is 1. The number of hydrogen-bond acceptors (Lipinski definition) is 6. The van der Waals surface area contributed by atoms with Crippen molar-refractivity contribution >= 4 is 17.4 Å². The smallest absolute Gasteiger partial charge is 0.215 e. The van der Waals surface area contributed by atoms with Crippen molar-refractivity contribution in [3.05, 3.63) is 47.8 Å². The number of aromatic nitrogens is 2. The van der Waals surface area contributed by atoms with Crippen molar-refractivity contribution in [2.75, 3.05) is 23.7 Å². The van der Waals surface area contributed by atoms with Gasteiger partial charge in [0.2, 0.25) is 5.78 Å². The van der Waals surface area contributed by atoms with Crippen molar-refractivity contribution < 1.29 is 4.79 Å². The highest BCUT2D eigenvalue weighted by Gasteiger charge is 2.23. The van der Waals surface area contributed by atoms with Crippen molar-refractivity contribution in [3.8, 4) is 0 Å². The number of carbonyl (C=O) groups excluding carboxylic acids is 1. The quantitative estimate of drug-likeness (QED) is 0.835. The molecule has 0 saturated carbocycles. The second-order valence-electron chi connectivity index (χ2n) is 6.02. The summed E-state index contributed by atoms with van der Waals surface area (Å²) in [5.41, 5.74) is 6.58. The van der Waals surface area contributed by atoms with Gasteiger partial charge in [-0.1, -0.05) is 6.07 Å². The Hall–Kier alpha value is -2.47. The summed E-state index contributed by atoms with van der Waals surface area (Å²) in [7, 11) is 0. The molecule has 23 heavy (non-hydrogen) atoms. The molecule has 0 unspecified atom stereocenters. The van der Waals surface area contributed by atoms with E-state index >= 15 is 0 Å². The maximum atomic E-state index is 12.6. The van der Waals surface area contributed by atoms with Gasteiger partial charge in [-0.05, 0) is 38.1 Å². The summed E-state index contributed by atoms with van der Waals surface area (Å²) >= 11 is 0. The Bertz CT molecular complexity index is 708. The molecule has 120 valence electrons. The molecule has 3 N–H and O–H groups in total. The SMILES string of the molecule is C[C@@H]1CN(c2cccc(C(=O)c3cccnc3N)n2)C[C@H](C)N1. The average Bonchev–Trinajstić information content (AvgIpc) is 2.54. The lowest BCUT2D eigenvalue weighted by Crippen LogP contribution is -2.54.